The fourth-order valence-electron chi connectivity index (χ4n) is 4.23. The maximum absolute atomic E-state index is 12.9. The van der Waals surface area contributed by atoms with Crippen molar-refractivity contribution in [3.05, 3.63) is 89.4 Å². The molecule has 0 aliphatic rings. The van der Waals surface area contributed by atoms with Crippen LogP contribution in [0, 0.1) is 11.3 Å². The van der Waals surface area contributed by atoms with E-state index in [2.05, 4.69) is 26.7 Å². The van der Waals surface area contributed by atoms with Crippen molar-refractivity contribution in [3.8, 4) is 17.6 Å². The van der Waals surface area contributed by atoms with Crippen LogP contribution in [-0.4, -0.2) is 49.8 Å². The number of carbonyl (C=O) groups is 2. The van der Waals surface area contributed by atoms with Crippen molar-refractivity contribution in [2.24, 2.45) is 0 Å². The van der Waals surface area contributed by atoms with Crippen LogP contribution in [0.5, 0.6) is 11.5 Å². The Kier molecular flexibility index (Phi) is 12.0. The third-order valence-corrected chi connectivity index (χ3v) is 8.41. The van der Waals surface area contributed by atoms with Gasteiger partial charge in [0.25, 0.3) is 0 Å². The molecular weight excluding hydrogens is 669 g/mol. The first-order valence-electron chi connectivity index (χ1n) is 14.5. The number of carbonyl (C=O) groups excluding carboxylic acids is 2. The van der Waals surface area contributed by atoms with Gasteiger partial charge in [0, 0.05) is 6.20 Å². The summed E-state index contributed by atoms with van der Waals surface area (Å²) in [6.45, 7) is 7.98. The molecule has 0 aliphatic carbocycles. The van der Waals surface area contributed by atoms with E-state index in [1.54, 1.807) is 42.6 Å². The summed E-state index contributed by atoms with van der Waals surface area (Å²) in [6.07, 6.45) is 6.36. The summed E-state index contributed by atoms with van der Waals surface area (Å²) in [4.78, 5) is 33.5. The molecule has 1 amide bonds. The molecule has 0 saturated carbocycles. The molecule has 2 heterocycles. The molecule has 2 aromatic carbocycles. The molecule has 46 heavy (non-hydrogen) atoms. The Morgan fingerprint density at radius 3 is 2.61 bits per heavy atom. The molecule has 0 atom stereocenters. The Labute approximate surface area is 279 Å². The second kappa shape index (κ2) is 16.1. The van der Waals surface area contributed by atoms with Gasteiger partial charge in [-0.2, -0.15) is 0 Å². The number of nitrogens with zero attached hydrogens (tertiary/aromatic N) is 3. The molecule has 0 aliphatic heterocycles. The topological polar surface area (TPSA) is 135 Å². The average Bonchev–Trinajstić information content (AvgIpc) is 3.01. The van der Waals surface area contributed by atoms with E-state index in [9.17, 15) is 14.9 Å². The van der Waals surface area contributed by atoms with Crippen LogP contribution in [0.3, 0.4) is 0 Å². The molecule has 0 spiro atoms. The Balaban J connectivity index is 1.52. The van der Waals surface area contributed by atoms with Crippen molar-refractivity contribution < 1.29 is 23.8 Å². The van der Waals surface area contributed by atoms with E-state index >= 15 is 0 Å². The van der Waals surface area contributed by atoms with E-state index in [1.165, 1.54) is 12.3 Å². The van der Waals surface area contributed by atoms with E-state index < -0.39 is 5.60 Å². The van der Waals surface area contributed by atoms with Crippen molar-refractivity contribution in [1.82, 2.24) is 9.97 Å². The van der Waals surface area contributed by atoms with Crippen LogP contribution in [0.15, 0.2) is 73.1 Å². The minimum atomic E-state index is -0.516. The van der Waals surface area contributed by atoms with E-state index in [0.717, 1.165) is 5.69 Å². The number of aromatic nitrogens is 2. The number of benzene rings is 2. The number of anilines is 3. The normalized spacial score (nSPS) is 11.5. The number of pyridine rings is 2. The molecule has 1 radical (unpaired) electrons. The standard InChI is InChI=1S/C34H34AsClN5O5/c1-5-44-30-17-27-25(16-28(30)41-31(42)10-8-13-35-18-32(43)46-34(2,3)4)33(22(19-37)20-39-27)40-23-11-12-29(26(36)15-23)45-21-24-9-6-7-14-38-24/h6-12,14-17,20H,5,13,18,21H2,1-4H3,(H,39,40)(H,41,42). The molecule has 12 heteroatoms. The predicted octanol–water partition coefficient (Wildman–Crippen LogP) is 7.25. The van der Waals surface area contributed by atoms with Crippen molar-refractivity contribution >= 4 is 67.2 Å². The summed E-state index contributed by atoms with van der Waals surface area (Å²) in [5.74, 6) is 0.341. The SMILES string of the molecule is CCOc1cc2ncc(C#N)c(Nc3ccc(OCc4ccccn4)c(Cl)c3)c2cc1NC(=O)C=CC[As]CC(=O)OC(C)(C)C. The Bertz CT molecular complexity index is 1770. The van der Waals surface area contributed by atoms with Crippen LogP contribution in [-0.2, 0) is 20.9 Å². The van der Waals surface area contributed by atoms with Gasteiger partial charge in [-0.25, -0.2) is 0 Å². The van der Waals surface area contributed by atoms with Gasteiger partial charge in [0.1, 0.15) is 12.4 Å². The second-order valence-electron chi connectivity index (χ2n) is 10.9. The summed E-state index contributed by atoms with van der Waals surface area (Å²) < 4.78 is 17.0. The number of hydrogen-bond donors (Lipinski definition) is 2. The molecule has 0 fully saturated rings. The molecule has 0 unspecified atom stereocenters. The molecule has 2 N–H and O–H groups in total. The number of ether oxygens (including phenoxy) is 3. The van der Waals surface area contributed by atoms with Gasteiger partial charge in [-0.15, -0.1) is 0 Å². The Morgan fingerprint density at radius 1 is 1.09 bits per heavy atom. The molecule has 10 nitrogen and oxygen atoms in total. The van der Waals surface area contributed by atoms with E-state index in [1.807, 2.05) is 45.9 Å². The van der Waals surface area contributed by atoms with Gasteiger partial charge in [0.2, 0.25) is 0 Å². The summed E-state index contributed by atoms with van der Waals surface area (Å²) in [6, 6.07) is 16.4. The average molecular weight is 703 g/mol. The molecule has 2 aromatic heterocycles. The summed E-state index contributed by atoms with van der Waals surface area (Å²) >= 11 is 6.21. The van der Waals surface area contributed by atoms with Crippen LogP contribution in [0.25, 0.3) is 10.9 Å². The fourth-order valence-corrected chi connectivity index (χ4v) is 5.78. The van der Waals surface area contributed by atoms with Crippen molar-refractivity contribution in [3.63, 3.8) is 0 Å². The maximum atomic E-state index is 12.9. The number of esters is 1. The molecule has 0 bridgehead atoms. The van der Waals surface area contributed by atoms with Gasteiger partial charge in [-0.1, -0.05) is 17.7 Å². The van der Waals surface area contributed by atoms with Gasteiger partial charge in [0.15, 0.2) is 0 Å². The van der Waals surface area contributed by atoms with Crippen LogP contribution < -0.4 is 20.1 Å². The number of halogens is 1. The number of nitriles is 1. The molecule has 4 rings (SSSR count). The number of nitrogens with one attached hydrogen (secondary N) is 2. The number of rotatable bonds is 13. The predicted molar refractivity (Wildman–Crippen MR) is 180 cm³/mol. The van der Waals surface area contributed by atoms with Gasteiger partial charge in [-0.3, -0.25) is 4.98 Å². The van der Waals surface area contributed by atoms with Crippen LogP contribution >= 0.6 is 11.6 Å². The monoisotopic (exact) mass is 702 g/mol. The zero-order valence-corrected chi connectivity index (χ0v) is 28.6. The van der Waals surface area contributed by atoms with Crippen LogP contribution in [0.4, 0.5) is 17.1 Å². The number of amides is 1. The second-order valence-corrected chi connectivity index (χ2v) is 13.7. The van der Waals surface area contributed by atoms with Gasteiger partial charge in [0.05, 0.1) is 10.7 Å². The van der Waals surface area contributed by atoms with Crippen molar-refractivity contribution in [2.45, 2.75) is 50.3 Å². The van der Waals surface area contributed by atoms with E-state index in [-0.39, 0.29) is 34.2 Å². The van der Waals surface area contributed by atoms with E-state index in [4.69, 9.17) is 25.8 Å². The van der Waals surface area contributed by atoms with Crippen molar-refractivity contribution in [1.29, 1.82) is 5.26 Å². The van der Waals surface area contributed by atoms with Gasteiger partial charge in [-0.05, 0) is 18.2 Å². The number of allylic oxidation sites excluding steroid dienone is 1. The quantitative estimate of drug-likeness (QED) is 0.0639. The van der Waals surface area contributed by atoms with Crippen LogP contribution in [0.2, 0.25) is 15.4 Å². The zero-order valence-electron chi connectivity index (χ0n) is 26.0. The molecule has 4 aromatic rings. The Morgan fingerprint density at radius 2 is 1.91 bits per heavy atom. The number of fused-ring (bicyclic) bond motifs is 1. The fraction of sp³-hybridized carbons (Fsp3) is 0.265. The van der Waals surface area contributed by atoms with E-state index in [0.29, 0.717) is 67.1 Å². The Hall–Kier alpha value is -4.58. The molecule has 0 saturated heterocycles. The van der Waals surface area contributed by atoms with Crippen LogP contribution in [0.1, 0.15) is 39.0 Å². The minimum absolute atomic E-state index is 0.232. The molecular formula is C34H34AsClN5O5. The first-order chi connectivity index (χ1) is 22.1. The summed E-state index contributed by atoms with van der Waals surface area (Å²) in [5, 5.41) is 18.0. The van der Waals surface area contributed by atoms with Gasteiger partial charge < -0.3 is 4.74 Å². The number of hydrogen-bond acceptors (Lipinski definition) is 9. The van der Waals surface area contributed by atoms with Gasteiger partial charge >= 0.3 is 206 Å². The zero-order chi connectivity index (χ0) is 33.1. The first kappa shape index (κ1) is 34.3. The molecule has 237 valence electrons. The summed E-state index contributed by atoms with van der Waals surface area (Å²) in [5.41, 5.74) is 2.65. The third-order valence-electron chi connectivity index (χ3n) is 6.12. The third kappa shape index (κ3) is 9.96. The van der Waals surface area contributed by atoms with Crippen molar-refractivity contribution in [2.75, 3.05) is 17.2 Å². The summed E-state index contributed by atoms with van der Waals surface area (Å²) in [7, 11) is 0. The first-order valence-corrected chi connectivity index (χ1v) is 17.5.